The Morgan fingerprint density at radius 1 is 1.24 bits per heavy atom. The molecule has 1 heterocycles. The maximum Gasteiger partial charge on any atom is 0.163 e. The number of nitrogens with one attached hydrogen (secondary N) is 1. The second-order valence-electron chi connectivity index (χ2n) is 3.77. The molecule has 90 valence electrons. The van der Waals surface area contributed by atoms with Gasteiger partial charge >= 0.3 is 0 Å². The number of likely N-dealkylation sites (N-methyl/N-ethyl adjacent to an activating group) is 1. The van der Waals surface area contributed by atoms with Crippen LogP contribution in [0.3, 0.4) is 0 Å². The van der Waals surface area contributed by atoms with Crippen LogP contribution >= 0.6 is 11.3 Å². The summed E-state index contributed by atoms with van der Waals surface area (Å²) in [6.07, 6.45) is 0.661. The lowest BCUT2D eigenvalue weighted by molar-refractivity contribution is 0.474. The van der Waals surface area contributed by atoms with Crippen LogP contribution in [0.2, 0.25) is 0 Å². The lowest BCUT2D eigenvalue weighted by Crippen LogP contribution is -2.20. The van der Waals surface area contributed by atoms with Gasteiger partial charge in [-0.1, -0.05) is 18.2 Å². The molecule has 17 heavy (non-hydrogen) atoms. The number of rotatable bonds is 4. The summed E-state index contributed by atoms with van der Waals surface area (Å²) in [4.78, 5) is 1.15. The van der Waals surface area contributed by atoms with Crippen molar-refractivity contribution in [3.63, 3.8) is 0 Å². The Hall–Kier alpha value is -1.26. The van der Waals surface area contributed by atoms with Gasteiger partial charge < -0.3 is 5.32 Å². The molecule has 0 saturated heterocycles. The van der Waals surface area contributed by atoms with Gasteiger partial charge in [0.25, 0.3) is 0 Å². The van der Waals surface area contributed by atoms with Crippen molar-refractivity contribution in [2.24, 2.45) is 0 Å². The summed E-state index contributed by atoms with van der Waals surface area (Å²) < 4.78 is 26.8. The molecule has 1 N–H and O–H groups in total. The van der Waals surface area contributed by atoms with Gasteiger partial charge in [0.15, 0.2) is 11.6 Å². The van der Waals surface area contributed by atoms with Crippen LogP contribution in [0.4, 0.5) is 8.78 Å². The molecule has 1 nitrogen and oxygen atoms in total. The standard InChI is InChI=1S/C13H13F2NS/c1-16-12(8-9-4-3-7-17-9)10-5-2-6-11(14)13(10)15/h2-7,12,16H,8H2,1H3. The highest BCUT2D eigenvalue weighted by Gasteiger charge is 2.17. The van der Waals surface area contributed by atoms with E-state index in [1.807, 2.05) is 17.5 Å². The molecule has 4 heteroatoms. The largest absolute Gasteiger partial charge is 0.313 e. The van der Waals surface area contributed by atoms with E-state index in [4.69, 9.17) is 0 Å². The monoisotopic (exact) mass is 253 g/mol. The maximum atomic E-state index is 13.7. The van der Waals surface area contributed by atoms with E-state index in [9.17, 15) is 8.78 Å². The van der Waals surface area contributed by atoms with Crippen molar-refractivity contribution >= 4 is 11.3 Å². The zero-order chi connectivity index (χ0) is 12.3. The maximum absolute atomic E-state index is 13.7. The minimum absolute atomic E-state index is 0.204. The fourth-order valence-corrected chi connectivity index (χ4v) is 2.54. The van der Waals surface area contributed by atoms with E-state index in [1.54, 1.807) is 24.5 Å². The number of halogens is 2. The van der Waals surface area contributed by atoms with Gasteiger partial charge in [0.1, 0.15) is 0 Å². The molecule has 0 radical (unpaired) electrons. The van der Waals surface area contributed by atoms with Crippen LogP contribution in [-0.2, 0) is 6.42 Å². The first-order chi connectivity index (χ1) is 8.22. The van der Waals surface area contributed by atoms with Gasteiger partial charge in [0.2, 0.25) is 0 Å². The number of thiophene rings is 1. The molecular weight excluding hydrogens is 240 g/mol. The van der Waals surface area contributed by atoms with Crippen molar-refractivity contribution in [1.82, 2.24) is 5.32 Å². The van der Waals surface area contributed by atoms with E-state index in [1.165, 1.54) is 6.07 Å². The Kier molecular flexibility index (Phi) is 3.86. The van der Waals surface area contributed by atoms with E-state index in [0.717, 1.165) is 10.9 Å². The minimum atomic E-state index is -0.797. The first-order valence-corrected chi connectivity index (χ1v) is 6.24. The van der Waals surface area contributed by atoms with E-state index >= 15 is 0 Å². The Morgan fingerprint density at radius 2 is 2.06 bits per heavy atom. The molecule has 0 spiro atoms. The number of hydrogen-bond donors (Lipinski definition) is 1. The predicted molar refractivity (Wildman–Crippen MR) is 66.2 cm³/mol. The molecule has 0 aliphatic heterocycles. The summed E-state index contributed by atoms with van der Waals surface area (Å²) >= 11 is 1.62. The summed E-state index contributed by atoms with van der Waals surface area (Å²) in [7, 11) is 1.75. The Balaban J connectivity index is 2.26. The first kappa shape index (κ1) is 12.2. The summed E-state index contributed by atoms with van der Waals surface area (Å²) in [6, 6.07) is 8.03. The average molecular weight is 253 g/mol. The Labute approximate surface area is 103 Å². The van der Waals surface area contributed by atoms with E-state index in [-0.39, 0.29) is 6.04 Å². The van der Waals surface area contributed by atoms with Crippen LogP contribution in [0.25, 0.3) is 0 Å². The molecule has 0 aliphatic carbocycles. The van der Waals surface area contributed by atoms with E-state index in [2.05, 4.69) is 5.32 Å². The van der Waals surface area contributed by atoms with Gasteiger partial charge in [0, 0.05) is 22.9 Å². The third-order valence-electron chi connectivity index (χ3n) is 2.69. The van der Waals surface area contributed by atoms with Crippen LogP contribution in [-0.4, -0.2) is 7.05 Å². The van der Waals surface area contributed by atoms with Crippen molar-refractivity contribution in [3.05, 3.63) is 57.8 Å². The molecule has 2 rings (SSSR count). The highest BCUT2D eigenvalue weighted by Crippen LogP contribution is 2.24. The van der Waals surface area contributed by atoms with Gasteiger partial charge in [0.05, 0.1) is 0 Å². The van der Waals surface area contributed by atoms with Crippen molar-refractivity contribution in [2.45, 2.75) is 12.5 Å². The van der Waals surface area contributed by atoms with Crippen LogP contribution in [0.1, 0.15) is 16.5 Å². The predicted octanol–water partition coefficient (Wildman–Crippen LogP) is 3.53. The van der Waals surface area contributed by atoms with Crippen LogP contribution in [0.15, 0.2) is 35.7 Å². The van der Waals surface area contributed by atoms with Crippen molar-refractivity contribution in [3.8, 4) is 0 Å². The zero-order valence-electron chi connectivity index (χ0n) is 9.41. The molecule has 0 aliphatic rings. The second kappa shape index (κ2) is 5.38. The highest BCUT2D eigenvalue weighted by molar-refractivity contribution is 7.09. The molecule has 0 saturated carbocycles. The lowest BCUT2D eigenvalue weighted by atomic mass is 10.0. The second-order valence-corrected chi connectivity index (χ2v) is 4.80. The average Bonchev–Trinajstić information content (AvgIpc) is 2.83. The third kappa shape index (κ3) is 2.70. The molecule has 0 fully saturated rings. The van der Waals surface area contributed by atoms with Crippen molar-refractivity contribution in [1.29, 1.82) is 0 Å². The van der Waals surface area contributed by atoms with Crippen molar-refractivity contribution < 1.29 is 8.78 Å². The third-order valence-corrected chi connectivity index (χ3v) is 3.59. The van der Waals surface area contributed by atoms with Crippen molar-refractivity contribution in [2.75, 3.05) is 7.05 Å². The van der Waals surface area contributed by atoms with Gasteiger partial charge in [-0.15, -0.1) is 11.3 Å². The normalized spacial score (nSPS) is 12.6. The summed E-state index contributed by atoms with van der Waals surface area (Å²) in [5, 5.41) is 5.00. The van der Waals surface area contributed by atoms with E-state index < -0.39 is 11.6 Å². The molecule has 0 amide bonds. The van der Waals surface area contributed by atoms with Gasteiger partial charge in [-0.05, 0) is 24.6 Å². The smallest absolute Gasteiger partial charge is 0.163 e. The molecule has 1 unspecified atom stereocenters. The molecule has 1 aromatic heterocycles. The first-order valence-electron chi connectivity index (χ1n) is 5.36. The Morgan fingerprint density at radius 3 is 2.71 bits per heavy atom. The number of benzene rings is 1. The highest BCUT2D eigenvalue weighted by atomic mass is 32.1. The van der Waals surface area contributed by atoms with Gasteiger partial charge in [-0.25, -0.2) is 8.78 Å². The fourth-order valence-electron chi connectivity index (χ4n) is 1.79. The molecular formula is C13H13F2NS. The van der Waals surface area contributed by atoms with Gasteiger partial charge in [-0.3, -0.25) is 0 Å². The molecule has 2 aromatic rings. The lowest BCUT2D eigenvalue weighted by Gasteiger charge is -2.16. The summed E-state index contributed by atoms with van der Waals surface area (Å²) in [6.45, 7) is 0. The fraction of sp³-hybridized carbons (Fsp3) is 0.231. The molecule has 0 bridgehead atoms. The topological polar surface area (TPSA) is 12.0 Å². The quantitative estimate of drug-likeness (QED) is 0.879. The van der Waals surface area contributed by atoms with E-state index in [0.29, 0.717) is 12.0 Å². The molecule has 1 atom stereocenters. The summed E-state index contributed by atoms with van der Waals surface area (Å²) in [5.41, 5.74) is 0.376. The van der Waals surface area contributed by atoms with Crippen LogP contribution < -0.4 is 5.32 Å². The molecule has 1 aromatic carbocycles. The Bertz CT molecular complexity index is 482. The summed E-state index contributed by atoms with van der Waals surface area (Å²) in [5.74, 6) is -1.56. The van der Waals surface area contributed by atoms with Gasteiger partial charge in [-0.2, -0.15) is 0 Å². The van der Waals surface area contributed by atoms with Crippen LogP contribution in [0.5, 0.6) is 0 Å². The van der Waals surface area contributed by atoms with Crippen LogP contribution in [0, 0.1) is 11.6 Å². The number of hydrogen-bond acceptors (Lipinski definition) is 2. The zero-order valence-corrected chi connectivity index (χ0v) is 10.2. The minimum Gasteiger partial charge on any atom is -0.313 e. The SMILES string of the molecule is CNC(Cc1cccs1)c1cccc(F)c1F.